The number of amides is 1. The average molecular weight is 926 g/mol. The van der Waals surface area contributed by atoms with Crippen molar-refractivity contribution in [3.8, 4) is 12.1 Å². The summed E-state index contributed by atoms with van der Waals surface area (Å²) >= 11 is 0. The molecule has 0 aromatic heterocycles. The van der Waals surface area contributed by atoms with Gasteiger partial charge in [0.05, 0.1) is 50.6 Å². The third-order valence-electron chi connectivity index (χ3n) is 9.26. The minimum Gasteiger partial charge on any atom is -0.486 e. The molecule has 0 aliphatic rings. The fraction of sp³-hybridized carbons (Fsp3) is 0.488. The Morgan fingerprint density at radius 3 is 1.32 bits per heavy atom. The lowest BCUT2D eigenvalue weighted by molar-refractivity contribution is -0.138. The van der Waals surface area contributed by atoms with E-state index in [9.17, 15) is 53.7 Å². The fourth-order valence-corrected chi connectivity index (χ4v) is 9.64. The van der Waals surface area contributed by atoms with E-state index in [4.69, 9.17) is 5.14 Å². The normalized spacial score (nSPS) is 12.3. The van der Waals surface area contributed by atoms with Crippen molar-refractivity contribution in [2.75, 3.05) is 7.11 Å². The maximum absolute atomic E-state index is 13.1. The van der Waals surface area contributed by atoms with Gasteiger partial charge >= 0.3 is 6.18 Å². The molecule has 0 fully saturated rings. The van der Waals surface area contributed by atoms with Crippen molar-refractivity contribution in [3.05, 3.63) is 86.5 Å². The van der Waals surface area contributed by atoms with Crippen molar-refractivity contribution in [3.63, 3.8) is 0 Å². The van der Waals surface area contributed by atoms with Gasteiger partial charge in [0, 0.05) is 6.92 Å². The molecule has 0 heterocycles. The monoisotopic (exact) mass is 925 g/mol. The average Bonchev–Trinajstić information content (AvgIpc) is 3.14. The lowest BCUT2D eigenvalue weighted by Crippen LogP contribution is -2.29. The van der Waals surface area contributed by atoms with E-state index in [0.717, 1.165) is 25.5 Å². The van der Waals surface area contributed by atoms with Crippen LogP contribution in [0.5, 0.6) is 0 Å². The predicted molar refractivity (Wildman–Crippen MR) is 233 cm³/mol. The van der Waals surface area contributed by atoms with E-state index in [1.165, 1.54) is 13.2 Å². The Labute approximate surface area is 365 Å². The van der Waals surface area contributed by atoms with E-state index in [0.29, 0.717) is 33.4 Å². The standard InChI is InChI=1S/2C15H20N2O3S.C13H18F3NO2S/c1-10(2)13-7-15(21(18,19)17-9-20-5)14(11(3)4)6-12(13)8-16;1-9(2)13-7-15(21(19,20)17-11(5)18)14(10(3)4)6-12(13)8-16;1-7(2)9-6-12(20(17,18)19)10(8(3)4)5-11(9)13(14,15)16/h6-7,9-11H,1-5H3;6-7,9-10H,1-5H3,(H,17,18);5-8H,1-4H3,(H2,17,18,19). The van der Waals surface area contributed by atoms with Crippen molar-refractivity contribution in [2.24, 2.45) is 9.54 Å². The molecule has 62 heavy (non-hydrogen) atoms. The van der Waals surface area contributed by atoms with Crippen molar-refractivity contribution >= 4 is 42.4 Å². The Morgan fingerprint density at radius 1 is 0.645 bits per heavy atom. The number of nitrogens with one attached hydrogen (secondary N) is 1. The van der Waals surface area contributed by atoms with Gasteiger partial charge in [-0.2, -0.15) is 32.1 Å². The summed E-state index contributed by atoms with van der Waals surface area (Å²) < 4.78 is 122. The van der Waals surface area contributed by atoms with Crippen LogP contribution in [0.3, 0.4) is 0 Å². The summed E-state index contributed by atoms with van der Waals surface area (Å²) in [7, 11) is -10.5. The number of primary sulfonamides is 1. The Hall–Kier alpha value is -4.82. The molecule has 3 rings (SSSR count). The van der Waals surface area contributed by atoms with Crippen LogP contribution in [0, 0.1) is 22.7 Å². The number of benzene rings is 3. The quantitative estimate of drug-likeness (QED) is 0.129. The predicted octanol–water partition coefficient (Wildman–Crippen LogP) is 9.40. The molecule has 0 radical (unpaired) electrons. The van der Waals surface area contributed by atoms with Gasteiger partial charge in [-0.25, -0.2) is 26.7 Å². The fourth-order valence-electron chi connectivity index (χ4n) is 6.17. The minimum atomic E-state index is -4.53. The van der Waals surface area contributed by atoms with Gasteiger partial charge in [0.2, 0.25) is 15.9 Å². The van der Waals surface area contributed by atoms with Gasteiger partial charge in [-0.1, -0.05) is 83.1 Å². The summed E-state index contributed by atoms with van der Waals surface area (Å²) in [5.41, 5.74) is 2.67. The van der Waals surface area contributed by atoms with Gasteiger partial charge in [0.15, 0.2) is 6.40 Å². The van der Waals surface area contributed by atoms with Crippen LogP contribution in [0.4, 0.5) is 13.2 Å². The van der Waals surface area contributed by atoms with Gasteiger partial charge in [0.1, 0.15) is 0 Å². The Bertz CT molecular complexity index is 2550. The van der Waals surface area contributed by atoms with E-state index >= 15 is 0 Å². The summed E-state index contributed by atoms with van der Waals surface area (Å²) in [5, 5.41) is 23.6. The number of halogens is 3. The number of nitrogens with two attached hydrogens (primary N) is 1. The van der Waals surface area contributed by atoms with Crippen LogP contribution in [0.15, 0.2) is 55.5 Å². The third-order valence-corrected chi connectivity index (χ3v) is 13.0. The number of alkyl halides is 3. The third kappa shape index (κ3) is 14.6. The van der Waals surface area contributed by atoms with Crippen LogP contribution < -0.4 is 9.86 Å². The zero-order valence-corrected chi connectivity index (χ0v) is 40.0. The Balaban J connectivity index is 0.000000465. The molecule has 19 heteroatoms. The first kappa shape index (κ1) is 55.2. The van der Waals surface area contributed by atoms with Gasteiger partial charge < -0.3 is 4.74 Å². The molecule has 3 aromatic carbocycles. The number of hydrogen-bond donors (Lipinski definition) is 2. The maximum Gasteiger partial charge on any atom is 0.416 e. The van der Waals surface area contributed by atoms with Crippen LogP contribution in [-0.4, -0.2) is 44.7 Å². The second-order valence-electron chi connectivity index (χ2n) is 16.2. The lowest BCUT2D eigenvalue weighted by Gasteiger charge is -2.20. The lowest BCUT2D eigenvalue weighted by atomic mass is 9.91. The smallest absolute Gasteiger partial charge is 0.416 e. The number of carbonyl (C=O) groups excluding carboxylic acids is 1. The number of hydrogen-bond acceptors (Lipinski definition) is 10. The van der Waals surface area contributed by atoms with Crippen molar-refractivity contribution < 1.29 is 48.0 Å². The molecule has 0 spiro atoms. The molecule has 0 saturated carbocycles. The molecule has 0 atom stereocenters. The van der Waals surface area contributed by atoms with Crippen molar-refractivity contribution in [2.45, 2.75) is 146 Å². The highest BCUT2D eigenvalue weighted by atomic mass is 32.2. The topological polar surface area (TPSA) is 227 Å². The summed E-state index contributed by atoms with van der Waals surface area (Å²) in [5.74, 6) is -1.56. The minimum absolute atomic E-state index is 0.00661. The van der Waals surface area contributed by atoms with E-state index in [2.05, 4.69) is 21.3 Å². The summed E-state index contributed by atoms with van der Waals surface area (Å²) in [6.07, 6.45) is -3.63. The zero-order valence-electron chi connectivity index (χ0n) is 37.5. The second kappa shape index (κ2) is 22.0. The largest absolute Gasteiger partial charge is 0.486 e. The van der Waals surface area contributed by atoms with Crippen molar-refractivity contribution in [1.29, 1.82) is 10.5 Å². The molecule has 0 aliphatic carbocycles. The number of rotatable bonds is 12. The molecule has 13 nitrogen and oxygen atoms in total. The van der Waals surface area contributed by atoms with Gasteiger partial charge in [-0.3, -0.25) is 4.79 Å². The molecule has 342 valence electrons. The first-order valence-corrected chi connectivity index (χ1v) is 23.9. The number of sulfonamides is 3. The number of ether oxygens (including phenoxy) is 1. The summed E-state index contributed by atoms with van der Waals surface area (Å²) in [4.78, 5) is 11.1. The molecule has 0 bridgehead atoms. The van der Waals surface area contributed by atoms with Crippen molar-refractivity contribution in [1.82, 2.24) is 4.72 Å². The molecule has 3 aromatic rings. The van der Waals surface area contributed by atoms with Gasteiger partial charge in [0.25, 0.3) is 20.0 Å². The van der Waals surface area contributed by atoms with Crippen LogP contribution >= 0.6 is 0 Å². The number of carbonyl (C=O) groups is 1. The molecule has 0 unspecified atom stereocenters. The van der Waals surface area contributed by atoms with E-state index < -0.39 is 53.6 Å². The molecule has 1 amide bonds. The highest BCUT2D eigenvalue weighted by Crippen LogP contribution is 2.39. The van der Waals surface area contributed by atoms with Crippen LogP contribution in [0.25, 0.3) is 0 Å². The Kier molecular flexibility index (Phi) is 19.6. The SMILES string of the molecule is CC(=O)NS(=O)(=O)c1cc(C(C)C)c(C#N)cc1C(C)C.CC(C)c1cc(S(N)(=O)=O)c(C(C)C)cc1C(F)(F)F.COC=NS(=O)(=O)c1cc(C(C)C)c(C#N)cc1C(C)C. The second-order valence-corrected chi connectivity index (χ2v) is 21.0. The molecular weight excluding hydrogens is 868 g/mol. The summed E-state index contributed by atoms with van der Waals surface area (Å²) in [6, 6.07) is 12.5. The van der Waals surface area contributed by atoms with Gasteiger partial charge in [-0.05, 0) is 105 Å². The van der Waals surface area contributed by atoms with Crippen LogP contribution in [0.2, 0.25) is 0 Å². The number of nitrogens with zero attached hydrogens (tertiary/aromatic N) is 3. The van der Waals surface area contributed by atoms with Crippen LogP contribution in [0.1, 0.15) is 176 Å². The highest BCUT2D eigenvalue weighted by molar-refractivity contribution is 7.90. The van der Waals surface area contributed by atoms with E-state index in [1.807, 2.05) is 60.1 Å². The Morgan fingerprint density at radius 2 is 1.00 bits per heavy atom. The molecule has 0 aliphatic heterocycles. The highest BCUT2D eigenvalue weighted by Gasteiger charge is 2.36. The van der Waals surface area contributed by atoms with Crippen LogP contribution in [-0.2, 0) is 45.8 Å². The molecule has 3 N–H and O–H groups in total. The zero-order chi connectivity index (χ0) is 48.5. The molecule has 0 saturated heterocycles. The first-order valence-electron chi connectivity index (χ1n) is 19.5. The molecular formula is C43H58F3N5O8S3. The maximum atomic E-state index is 13.1. The number of methoxy groups -OCH3 is 1. The number of nitriles is 2. The van der Waals surface area contributed by atoms with E-state index in [-0.39, 0.29) is 55.4 Å². The van der Waals surface area contributed by atoms with E-state index in [1.54, 1.807) is 45.9 Å². The summed E-state index contributed by atoms with van der Waals surface area (Å²) in [6.45, 7) is 22.6. The first-order chi connectivity index (χ1) is 28.2. The van der Waals surface area contributed by atoms with Gasteiger partial charge in [-0.15, -0.1) is 4.40 Å².